The summed E-state index contributed by atoms with van der Waals surface area (Å²) in [5, 5.41) is 0. The van der Waals surface area contributed by atoms with Crippen molar-refractivity contribution in [3.8, 4) is 0 Å². The molecule has 120 valence electrons. The fourth-order valence-electron chi connectivity index (χ4n) is 3.58. The molecular weight excluding hydrogens is 284 g/mol. The van der Waals surface area contributed by atoms with Crippen LogP contribution in [0.25, 0.3) is 0 Å². The van der Waals surface area contributed by atoms with E-state index >= 15 is 0 Å². The topological polar surface area (TPSA) is 65.1 Å². The van der Waals surface area contributed by atoms with Gasteiger partial charge in [0.1, 0.15) is 12.2 Å². The van der Waals surface area contributed by atoms with Gasteiger partial charge in [-0.05, 0) is 32.8 Å². The fourth-order valence-corrected chi connectivity index (χ4v) is 3.58. The molecule has 2 aliphatic heterocycles. The Labute approximate surface area is 130 Å². The van der Waals surface area contributed by atoms with Crippen LogP contribution in [0.5, 0.6) is 0 Å². The minimum Gasteiger partial charge on any atom is -0.458 e. The second-order valence-electron chi connectivity index (χ2n) is 6.74. The molecule has 0 bridgehead atoms. The average molecular weight is 306 g/mol. The summed E-state index contributed by atoms with van der Waals surface area (Å²) >= 11 is 0. The molecule has 1 aliphatic carbocycles. The Bertz CT molecular complexity index is 563. The highest BCUT2D eigenvalue weighted by molar-refractivity contribution is 5.91. The fraction of sp³-hybridized carbons (Fsp3) is 0.647. The number of rotatable bonds is 1. The number of allylic oxidation sites excluding steroid dienone is 1. The Kier molecular flexibility index (Phi) is 3.63. The Morgan fingerprint density at radius 3 is 2.91 bits per heavy atom. The molecule has 22 heavy (non-hydrogen) atoms. The van der Waals surface area contributed by atoms with Crippen molar-refractivity contribution in [3.63, 3.8) is 0 Å². The van der Waals surface area contributed by atoms with Crippen LogP contribution in [0.3, 0.4) is 0 Å². The van der Waals surface area contributed by atoms with Crippen molar-refractivity contribution in [1.29, 1.82) is 0 Å². The van der Waals surface area contributed by atoms with Crippen molar-refractivity contribution in [2.24, 2.45) is 5.92 Å². The molecule has 5 atom stereocenters. The highest BCUT2D eigenvalue weighted by Gasteiger charge is 2.57. The zero-order valence-corrected chi connectivity index (χ0v) is 13.3. The predicted octanol–water partition coefficient (Wildman–Crippen LogP) is 2.30. The number of carbonyl (C=O) groups excluding carboxylic acids is 2. The molecule has 2 fully saturated rings. The van der Waals surface area contributed by atoms with Crippen molar-refractivity contribution in [2.75, 3.05) is 0 Å². The summed E-state index contributed by atoms with van der Waals surface area (Å²) in [6, 6.07) is 0. The monoisotopic (exact) mass is 306 g/mol. The van der Waals surface area contributed by atoms with Crippen LogP contribution in [0.15, 0.2) is 23.8 Å². The minimum absolute atomic E-state index is 0.203. The second-order valence-corrected chi connectivity index (χ2v) is 6.74. The Balaban J connectivity index is 1.95. The maximum atomic E-state index is 12.0. The predicted molar refractivity (Wildman–Crippen MR) is 79.0 cm³/mol. The van der Waals surface area contributed by atoms with E-state index in [-0.39, 0.29) is 29.7 Å². The zero-order chi connectivity index (χ0) is 16.1. The largest absolute Gasteiger partial charge is 0.458 e. The van der Waals surface area contributed by atoms with Crippen molar-refractivity contribution in [1.82, 2.24) is 0 Å². The molecule has 5 heteroatoms. The number of hydrogen-bond acceptors (Lipinski definition) is 5. The maximum Gasteiger partial charge on any atom is 0.334 e. The zero-order valence-electron chi connectivity index (χ0n) is 13.3. The molecule has 3 aliphatic rings. The van der Waals surface area contributed by atoms with Gasteiger partial charge >= 0.3 is 11.9 Å². The van der Waals surface area contributed by atoms with Gasteiger partial charge in [0.2, 0.25) is 0 Å². The van der Waals surface area contributed by atoms with E-state index < -0.39 is 12.1 Å². The van der Waals surface area contributed by atoms with Gasteiger partial charge in [0.25, 0.3) is 0 Å². The minimum atomic E-state index is -0.514. The van der Waals surface area contributed by atoms with E-state index in [4.69, 9.17) is 14.2 Å². The number of esters is 2. The first-order valence-electron chi connectivity index (χ1n) is 7.72. The second kappa shape index (κ2) is 5.23. The summed E-state index contributed by atoms with van der Waals surface area (Å²) in [5.74, 6) is -1.12. The Morgan fingerprint density at radius 2 is 2.23 bits per heavy atom. The van der Waals surface area contributed by atoms with Crippen molar-refractivity contribution >= 4 is 11.9 Å². The van der Waals surface area contributed by atoms with E-state index in [1.807, 2.05) is 19.9 Å². The number of ether oxygens (including phenoxy) is 3. The third kappa shape index (κ3) is 2.70. The number of carbonyl (C=O) groups is 2. The number of epoxide rings is 1. The van der Waals surface area contributed by atoms with Crippen molar-refractivity contribution in [2.45, 2.75) is 63.9 Å². The van der Waals surface area contributed by atoms with Gasteiger partial charge in [-0.1, -0.05) is 12.2 Å². The molecule has 2 heterocycles. The van der Waals surface area contributed by atoms with Gasteiger partial charge in [0.05, 0.1) is 17.6 Å². The van der Waals surface area contributed by atoms with Crippen molar-refractivity contribution < 1.29 is 23.8 Å². The SMILES string of the molecule is C=C1C(=O)O[C@H]2C[C@@]3(C)O[C@H]3CC/C(C)=C/[C@@H](OC(C)=O)[C@@H]12. The Morgan fingerprint density at radius 1 is 1.50 bits per heavy atom. The van der Waals surface area contributed by atoms with Gasteiger partial charge < -0.3 is 14.2 Å². The molecule has 2 saturated heterocycles. The molecule has 3 rings (SSSR count). The molecule has 0 aromatic heterocycles. The third-order valence-corrected chi connectivity index (χ3v) is 4.87. The maximum absolute atomic E-state index is 12.0. The van der Waals surface area contributed by atoms with E-state index in [0.717, 1.165) is 18.4 Å². The Hall–Kier alpha value is -1.62. The van der Waals surface area contributed by atoms with Crippen LogP contribution in [0, 0.1) is 5.92 Å². The molecule has 0 amide bonds. The number of fused-ring (bicyclic) bond motifs is 2. The molecule has 0 N–H and O–H groups in total. The van der Waals surface area contributed by atoms with Crippen LogP contribution < -0.4 is 0 Å². The highest BCUT2D eigenvalue weighted by atomic mass is 16.6. The van der Waals surface area contributed by atoms with Crippen LogP contribution in [-0.2, 0) is 23.8 Å². The van der Waals surface area contributed by atoms with E-state index in [0.29, 0.717) is 12.0 Å². The van der Waals surface area contributed by atoms with Crippen LogP contribution in [0.2, 0.25) is 0 Å². The smallest absolute Gasteiger partial charge is 0.334 e. The summed E-state index contributed by atoms with van der Waals surface area (Å²) in [6.07, 6.45) is 3.68. The molecule has 0 aromatic carbocycles. The van der Waals surface area contributed by atoms with Gasteiger partial charge in [-0.25, -0.2) is 4.79 Å². The summed E-state index contributed by atoms with van der Waals surface area (Å²) in [6.45, 7) is 9.28. The molecule has 0 radical (unpaired) electrons. The van der Waals surface area contributed by atoms with E-state index in [1.165, 1.54) is 6.92 Å². The van der Waals surface area contributed by atoms with Crippen LogP contribution in [0.4, 0.5) is 0 Å². The van der Waals surface area contributed by atoms with Crippen molar-refractivity contribution in [3.05, 3.63) is 23.8 Å². The highest BCUT2D eigenvalue weighted by Crippen LogP contribution is 2.48. The van der Waals surface area contributed by atoms with Gasteiger partial charge in [0, 0.05) is 18.9 Å². The van der Waals surface area contributed by atoms with Gasteiger partial charge in [-0.2, -0.15) is 0 Å². The lowest BCUT2D eigenvalue weighted by Gasteiger charge is -2.27. The lowest BCUT2D eigenvalue weighted by Crippen LogP contribution is -2.35. The quantitative estimate of drug-likeness (QED) is 0.322. The first-order chi connectivity index (χ1) is 10.3. The molecular formula is C17H22O5. The molecule has 0 unspecified atom stereocenters. The van der Waals surface area contributed by atoms with E-state index in [9.17, 15) is 9.59 Å². The van der Waals surface area contributed by atoms with Crippen LogP contribution >= 0.6 is 0 Å². The summed E-state index contributed by atoms with van der Waals surface area (Å²) in [4.78, 5) is 23.4. The van der Waals surface area contributed by atoms with E-state index in [1.54, 1.807) is 0 Å². The summed E-state index contributed by atoms with van der Waals surface area (Å²) < 4.78 is 16.8. The lowest BCUT2D eigenvalue weighted by molar-refractivity contribution is -0.147. The first-order valence-corrected chi connectivity index (χ1v) is 7.72. The van der Waals surface area contributed by atoms with Gasteiger partial charge in [0.15, 0.2) is 0 Å². The number of hydrogen-bond donors (Lipinski definition) is 0. The summed E-state index contributed by atoms with van der Waals surface area (Å²) in [7, 11) is 0. The summed E-state index contributed by atoms with van der Waals surface area (Å²) in [5.41, 5.74) is 1.24. The third-order valence-electron chi connectivity index (χ3n) is 4.87. The van der Waals surface area contributed by atoms with E-state index in [2.05, 4.69) is 6.58 Å². The average Bonchev–Trinajstić information content (AvgIpc) is 2.96. The molecule has 0 saturated carbocycles. The van der Waals surface area contributed by atoms with Gasteiger partial charge in [-0.3, -0.25) is 4.79 Å². The standard InChI is InChI=1S/C17H22O5/c1-9-5-6-14-17(4,22-14)8-13-15(10(2)16(19)21-13)12(7-9)20-11(3)18/h7,12-15H,2,5-6,8H2,1,3-4H3/b9-7+/t12-,13+,14+,15-,17-/m1/s1. The van der Waals surface area contributed by atoms with Gasteiger partial charge in [-0.15, -0.1) is 0 Å². The molecule has 0 spiro atoms. The molecule has 5 nitrogen and oxygen atoms in total. The van der Waals surface area contributed by atoms with Crippen LogP contribution in [0.1, 0.15) is 40.0 Å². The normalized spacial score (nSPS) is 43.3. The first kappa shape index (κ1) is 15.3. The van der Waals surface area contributed by atoms with Crippen LogP contribution in [-0.4, -0.2) is 35.9 Å². The molecule has 0 aromatic rings. The lowest BCUT2D eigenvalue weighted by atomic mass is 9.83.